The number of carbonyl (C=O) groups is 1. The van der Waals surface area contributed by atoms with Crippen molar-refractivity contribution in [3.05, 3.63) is 65.2 Å². The van der Waals surface area contributed by atoms with Crippen LogP contribution in [0.4, 0.5) is 5.69 Å². The largest absolute Gasteiger partial charge is 0.494 e. The van der Waals surface area contributed by atoms with Gasteiger partial charge < -0.3 is 10.1 Å². The van der Waals surface area contributed by atoms with Gasteiger partial charge in [0.2, 0.25) is 5.91 Å². The molecule has 3 aromatic rings. The third-order valence-electron chi connectivity index (χ3n) is 3.95. The van der Waals surface area contributed by atoms with Crippen LogP contribution in [0.5, 0.6) is 5.75 Å². The summed E-state index contributed by atoms with van der Waals surface area (Å²) in [4.78, 5) is 28.9. The van der Waals surface area contributed by atoms with E-state index >= 15 is 0 Å². The number of anilines is 1. The molecule has 134 valence electrons. The summed E-state index contributed by atoms with van der Waals surface area (Å²) in [7, 11) is 0. The standard InChI is InChI=1S/C20H21N3O3/c1-2-3-12-26-16-10-8-15(9-11-16)22-19(24)13-23-14-21-18-7-5-4-6-17(18)20(23)25/h4-11,14H,2-3,12-13H2,1H3,(H,22,24). The van der Waals surface area contributed by atoms with Crippen LogP contribution in [-0.4, -0.2) is 22.1 Å². The fourth-order valence-corrected chi connectivity index (χ4v) is 2.54. The molecule has 0 unspecified atom stereocenters. The van der Waals surface area contributed by atoms with E-state index in [0.717, 1.165) is 18.6 Å². The maximum atomic E-state index is 12.4. The minimum atomic E-state index is -0.288. The number of aromatic nitrogens is 2. The monoisotopic (exact) mass is 351 g/mol. The number of benzene rings is 2. The van der Waals surface area contributed by atoms with E-state index in [1.807, 2.05) is 18.2 Å². The van der Waals surface area contributed by atoms with E-state index in [1.165, 1.54) is 10.9 Å². The van der Waals surface area contributed by atoms with Gasteiger partial charge in [-0.2, -0.15) is 0 Å². The number of nitrogens with zero attached hydrogens (tertiary/aromatic N) is 2. The Morgan fingerprint density at radius 3 is 2.69 bits per heavy atom. The van der Waals surface area contributed by atoms with Crippen molar-refractivity contribution in [3.8, 4) is 5.75 Å². The number of carbonyl (C=O) groups excluding carboxylic acids is 1. The fourth-order valence-electron chi connectivity index (χ4n) is 2.54. The number of para-hydroxylation sites is 1. The Morgan fingerprint density at radius 2 is 1.92 bits per heavy atom. The molecule has 0 aliphatic carbocycles. The highest BCUT2D eigenvalue weighted by Crippen LogP contribution is 2.16. The first-order valence-corrected chi connectivity index (χ1v) is 8.64. The van der Waals surface area contributed by atoms with Gasteiger partial charge in [-0.25, -0.2) is 4.98 Å². The molecule has 0 aliphatic rings. The number of ether oxygens (including phenoxy) is 1. The zero-order valence-corrected chi connectivity index (χ0v) is 14.6. The van der Waals surface area contributed by atoms with Gasteiger partial charge in [0.05, 0.1) is 23.8 Å². The molecule has 3 rings (SSSR count). The van der Waals surface area contributed by atoms with Gasteiger partial charge in [-0.1, -0.05) is 25.5 Å². The molecule has 6 heteroatoms. The summed E-state index contributed by atoms with van der Waals surface area (Å²) >= 11 is 0. The Labute approximate surface area is 151 Å². The molecule has 0 aliphatic heterocycles. The van der Waals surface area contributed by atoms with Crippen LogP contribution in [0, 0.1) is 0 Å². The lowest BCUT2D eigenvalue weighted by molar-refractivity contribution is -0.116. The van der Waals surface area contributed by atoms with Gasteiger partial charge in [0, 0.05) is 5.69 Å². The lowest BCUT2D eigenvalue weighted by atomic mass is 10.2. The van der Waals surface area contributed by atoms with Gasteiger partial charge in [0.15, 0.2) is 0 Å². The second kappa shape index (κ2) is 8.29. The normalized spacial score (nSPS) is 10.7. The van der Waals surface area contributed by atoms with Crippen LogP contribution in [0.3, 0.4) is 0 Å². The molecule has 1 N–H and O–H groups in total. The molecule has 0 bridgehead atoms. The van der Waals surface area contributed by atoms with Crippen LogP contribution >= 0.6 is 0 Å². The first-order chi connectivity index (χ1) is 12.7. The molecule has 1 heterocycles. The SMILES string of the molecule is CCCCOc1ccc(NC(=O)Cn2cnc3ccccc3c2=O)cc1. The highest BCUT2D eigenvalue weighted by atomic mass is 16.5. The van der Waals surface area contributed by atoms with E-state index in [0.29, 0.717) is 23.2 Å². The Hall–Kier alpha value is -3.15. The van der Waals surface area contributed by atoms with Gasteiger partial charge in [0.25, 0.3) is 5.56 Å². The summed E-state index contributed by atoms with van der Waals surface area (Å²) in [6, 6.07) is 14.3. The maximum absolute atomic E-state index is 12.4. The topological polar surface area (TPSA) is 73.2 Å². The zero-order chi connectivity index (χ0) is 18.4. The molecular weight excluding hydrogens is 330 g/mol. The van der Waals surface area contributed by atoms with Gasteiger partial charge in [-0.15, -0.1) is 0 Å². The highest BCUT2D eigenvalue weighted by molar-refractivity contribution is 5.90. The third kappa shape index (κ3) is 4.27. The molecule has 0 spiro atoms. The van der Waals surface area contributed by atoms with E-state index in [2.05, 4.69) is 17.2 Å². The quantitative estimate of drug-likeness (QED) is 0.663. The van der Waals surface area contributed by atoms with E-state index in [1.54, 1.807) is 30.3 Å². The van der Waals surface area contributed by atoms with Gasteiger partial charge in [-0.05, 0) is 42.8 Å². The summed E-state index contributed by atoms with van der Waals surface area (Å²) < 4.78 is 6.90. The van der Waals surface area contributed by atoms with Crippen molar-refractivity contribution >= 4 is 22.5 Å². The lowest BCUT2D eigenvalue weighted by Crippen LogP contribution is -2.27. The summed E-state index contributed by atoms with van der Waals surface area (Å²) in [5.41, 5.74) is 1.04. The molecule has 1 aromatic heterocycles. The van der Waals surface area contributed by atoms with Crippen LogP contribution in [0.1, 0.15) is 19.8 Å². The van der Waals surface area contributed by atoms with Crippen molar-refractivity contribution in [2.75, 3.05) is 11.9 Å². The molecule has 0 atom stereocenters. The molecule has 26 heavy (non-hydrogen) atoms. The van der Waals surface area contributed by atoms with Gasteiger partial charge >= 0.3 is 0 Å². The van der Waals surface area contributed by atoms with Crippen LogP contribution in [0.25, 0.3) is 10.9 Å². The van der Waals surface area contributed by atoms with Gasteiger partial charge in [-0.3, -0.25) is 14.2 Å². The molecule has 0 fully saturated rings. The minimum Gasteiger partial charge on any atom is -0.494 e. The van der Waals surface area contributed by atoms with Crippen LogP contribution < -0.4 is 15.6 Å². The predicted molar refractivity (Wildman–Crippen MR) is 101 cm³/mol. The Bertz CT molecular complexity index is 948. The fraction of sp³-hybridized carbons (Fsp3) is 0.250. The second-order valence-electron chi connectivity index (χ2n) is 5.97. The van der Waals surface area contributed by atoms with Crippen molar-refractivity contribution in [1.82, 2.24) is 9.55 Å². The molecule has 0 radical (unpaired) electrons. The molecule has 6 nitrogen and oxygen atoms in total. The Morgan fingerprint density at radius 1 is 1.15 bits per heavy atom. The average Bonchev–Trinajstić information content (AvgIpc) is 2.66. The van der Waals surface area contributed by atoms with Crippen molar-refractivity contribution in [2.45, 2.75) is 26.3 Å². The van der Waals surface area contributed by atoms with E-state index in [4.69, 9.17) is 4.74 Å². The summed E-state index contributed by atoms with van der Waals surface area (Å²) in [6.45, 7) is 2.70. The summed E-state index contributed by atoms with van der Waals surface area (Å²) in [5, 5.41) is 3.27. The number of fused-ring (bicyclic) bond motifs is 1. The van der Waals surface area contributed by atoms with Gasteiger partial charge in [0.1, 0.15) is 12.3 Å². The van der Waals surface area contributed by atoms with Crippen molar-refractivity contribution in [1.29, 1.82) is 0 Å². The number of unbranched alkanes of at least 4 members (excludes halogenated alkanes) is 1. The average molecular weight is 351 g/mol. The third-order valence-corrected chi connectivity index (χ3v) is 3.95. The predicted octanol–water partition coefficient (Wildman–Crippen LogP) is 3.21. The smallest absolute Gasteiger partial charge is 0.261 e. The number of hydrogen-bond donors (Lipinski definition) is 1. The van der Waals surface area contributed by atoms with E-state index in [-0.39, 0.29) is 18.0 Å². The molecule has 0 saturated heterocycles. The van der Waals surface area contributed by atoms with Crippen molar-refractivity contribution in [3.63, 3.8) is 0 Å². The lowest BCUT2D eigenvalue weighted by Gasteiger charge is -2.09. The first-order valence-electron chi connectivity index (χ1n) is 8.64. The zero-order valence-electron chi connectivity index (χ0n) is 14.6. The first kappa shape index (κ1) is 17.7. The van der Waals surface area contributed by atoms with Crippen molar-refractivity contribution < 1.29 is 9.53 Å². The van der Waals surface area contributed by atoms with Crippen LogP contribution in [-0.2, 0) is 11.3 Å². The number of nitrogens with one attached hydrogen (secondary N) is 1. The Balaban J connectivity index is 1.64. The number of hydrogen-bond acceptors (Lipinski definition) is 4. The molecular formula is C20H21N3O3. The highest BCUT2D eigenvalue weighted by Gasteiger charge is 2.08. The molecule has 0 saturated carbocycles. The molecule has 1 amide bonds. The van der Waals surface area contributed by atoms with E-state index < -0.39 is 0 Å². The second-order valence-corrected chi connectivity index (χ2v) is 5.97. The molecule has 2 aromatic carbocycles. The Kier molecular flexibility index (Phi) is 5.63. The van der Waals surface area contributed by atoms with Crippen molar-refractivity contribution in [2.24, 2.45) is 0 Å². The maximum Gasteiger partial charge on any atom is 0.261 e. The minimum absolute atomic E-state index is 0.0918. The van der Waals surface area contributed by atoms with Crippen LogP contribution in [0.2, 0.25) is 0 Å². The number of rotatable bonds is 7. The number of amides is 1. The summed E-state index contributed by atoms with van der Waals surface area (Å²) in [6.07, 6.45) is 3.49. The van der Waals surface area contributed by atoms with Crippen LogP contribution in [0.15, 0.2) is 59.7 Å². The summed E-state index contributed by atoms with van der Waals surface area (Å²) in [5.74, 6) is 0.482. The van der Waals surface area contributed by atoms with E-state index in [9.17, 15) is 9.59 Å².